The first-order valence-corrected chi connectivity index (χ1v) is 4.22. The largest absolute Gasteiger partial charge is 0.385 e. The molecule has 0 fully saturated rings. The third-order valence-electron chi connectivity index (χ3n) is 2.08. The lowest BCUT2D eigenvalue weighted by atomic mass is 10.3. The topological polar surface area (TPSA) is 42.2 Å². The zero-order valence-corrected chi connectivity index (χ0v) is 8.00. The second-order valence-electron chi connectivity index (χ2n) is 3.12. The summed E-state index contributed by atoms with van der Waals surface area (Å²) in [5, 5.41) is 11.2. The third kappa shape index (κ3) is 1.14. The van der Waals surface area contributed by atoms with E-state index in [0.717, 1.165) is 17.2 Å². The van der Waals surface area contributed by atoms with Crippen LogP contribution in [0, 0.1) is 13.8 Å². The van der Waals surface area contributed by atoms with Gasteiger partial charge in [0.2, 0.25) is 0 Å². The summed E-state index contributed by atoms with van der Waals surface area (Å²) < 4.78 is 1.99. The van der Waals surface area contributed by atoms with Crippen molar-refractivity contribution in [2.75, 3.05) is 12.4 Å². The number of rotatable bonds is 1. The van der Waals surface area contributed by atoms with Crippen LogP contribution >= 0.6 is 0 Å². The van der Waals surface area contributed by atoms with Gasteiger partial charge in [-0.15, -0.1) is 10.2 Å². The highest BCUT2D eigenvalue weighted by atomic mass is 15.2. The van der Waals surface area contributed by atoms with E-state index < -0.39 is 0 Å². The van der Waals surface area contributed by atoms with Crippen LogP contribution in [0.2, 0.25) is 0 Å². The van der Waals surface area contributed by atoms with Crippen molar-refractivity contribution in [1.82, 2.24) is 14.6 Å². The maximum absolute atomic E-state index is 4.08. The van der Waals surface area contributed by atoms with Crippen LogP contribution in [0.4, 0.5) is 5.69 Å². The van der Waals surface area contributed by atoms with Gasteiger partial charge in [0.25, 0.3) is 0 Å². The summed E-state index contributed by atoms with van der Waals surface area (Å²) in [6.45, 7) is 4.00. The summed E-state index contributed by atoms with van der Waals surface area (Å²) in [5.41, 5.74) is 3.09. The smallest absolute Gasteiger partial charge is 0.184 e. The van der Waals surface area contributed by atoms with Gasteiger partial charge in [0.15, 0.2) is 5.65 Å². The molecule has 0 unspecified atom stereocenters. The number of nitrogens with zero attached hydrogens (tertiary/aromatic N) is 3. The Labute approximate surface area is 76.6 Å². The number of aryl methyl sites for hydroxylation is 2. The first-order chi connectivity index (χ1) is 6.22. The van der Waals surface area contributed by atoms with Gasteiger partial charge in [-0.05, 0) is 25.5 Å². The van der Waals surface area contributed by atoms with E-state index in [0.29, 0.717) is 0 Å². The van der Waals surface area contributed by atoms with Crippen LogP contribution in [0.3, 0.4) is 0 Å². The summed E-state index contributed by atoms with van der Waals surface area (Å²) >= 11 is 0. The molecule has 0 aliphatic rings. The summed E-state index contributed by atoms with van der Waals surface area (Å²) in [4.78, 5) is 0. The normalized spacial score (nSPS) is 10.7. The molecule has 0 amide bonds. The number of aromatic nitrogens is 3. The number of hydrogen-bond donors (Lipinski definition) is 1. The van der Waals surface area contributed by atoms with Crippen molar-refractivity contribution in [3.8, 4) is 0 Å². The zero-order valence-electron chi connectivity index (χ0n) is 8.00. The van der Waals surface area contributed by atoms with E-state index >= 15 is 0 Å². The molecular weight excluding hydrogens is 164 g/mol. The average Bonchev–Trinajstić information content (AvgIpc) is 2.47. The minimum atomic E-state index is 0.880. The van der Waals surface area contributed by atoms with Gasteiger partial charge in [0.1, 0.15) is 5.82 Å². The van der Waals surface area contributed by atoms with Gasteiger partial charge in [-0.25, -0.2) is 0 Å². The van der Waals surface area contributed by atoms with Crippen molar-refractivity contribution in [1.29, 1.82) is 0 Å². The van der Waals surface area contributed by atoms with Gasteiger partial charge in [-0.2, -0.15) is 0 Å². The Bertz CT molecular complexity index is 444. The van der Waals surface area contributed by atoms with Gasteiger partial charge in [0, 0.05) is 13.2 Å². The number of anilines is 1. The van der Waals surface area contributed by atoms with Gasteiger partial charge in [-0.3, -0.25) is 4.40 Å². The molecule has 0 aromatic carbocycles. The molecule has 2 rings (SSSR count). The summed E-state index contributed by atoms with van der Waals surface area (Å²) in [6, 6.07) is 2.06. The molecule has 0 atom stereocenters. The molecular formula is C9H12N4. The fourth-order valence-corrected chi connectivity index (χ4v) is 1.42. The maximum Gasteiger partial charge on any atom is 0.184 e. The minimum Gasteiger partial charge on any atom is -0.385 e. The van der Waals surface area contributed by atoms with Gasteiger partial charge in [-0.1, -0.05) is 0 Å². The molecule has 0 radical (unpaired) electrons. The molecule has 4 nitrogen and oxygen atoms in total. The van der Waals surface area contributed by atoms with Gasteiger partial charge in [0.05, 0.1) is 5.69 Å². The second kappa shape index (κ2) is 2.73. The highest BCUT2D eigenvalue weighted by Gasteiger charge is 2.05. The Balaban J connectivity index is 2.84. The van der Waals surface area contributed by atoms with Crippen molar-refractivity contribution in [3.63, 3.8) is 0 Å². The van der Waals surface area contributed by atoms with E-state index in [4.69, 9.17) is 0 Å². The van der Waals surface area contributed by atoms with Gasteiger partial charge >= 0.3 is 0 Å². The average molecular weight is 176 g/mol. The molecule has 1 N–H and O–H groups in total. The molecule has 0 spiro atoms. The molecule has 0 bridgehead atoms. The molecule has 13 heavy (non-hydrogen) atoms. The van der Waals surface area contributed by atoms with E-state index in [1.54, 1.807) is 0 Å². The number of pyridine rings is 1. The van der Waals surface area contributed by atoms with E-state index in [-0.39, 0.29) is 0 Å². The predicted octanol–water partition coefficient (Wildman–Crippen LogP) is 1.39. The predicted molar refractivity (Wildman–Crippen MR) is 52.0 cm³/mol. The molecule has 0 saturated carbocycles. The Morgan fingerprint density at radius 3 is 2.77 bits per heavy atom. The lowest BCUT2D eigenvalue weighted by Crippen LogP contribution is -1.96. The molecule has 0 aliphatic heterocycles. The number of nitrogens with one attached hydrogen (secondary N) is 1. The number of hydrogen-bond acceptors (Lipinski definition) is 3. The fraction of sp³-hybridized carbons (Fsp3) is 0.333. The molecule has 68 valence electrons. The lowest BCUT2D eigenvalue weighted by molar-refractivity contribution is 1.00. The van der Waals surface area contributed by atoms with Crippen molar-refractivity contribution < 1.29 is 0 Å². The molecule has 2 heterocycles. The second-order valence-corrected chi connectivity index (χ2v) is 3.12. The Hall–Kier alpha value is -1.58. The van der Waals surface area contributed by atoms with E-state index in [9.17, 15) is 0 Å². The Kier molecular flexibility index (Phi) is 1.69. The molecule has 0 aliphatic carbocycles. The van der Waals surface area contributed by atoms with Crippen LogP contribution in [0.15, 0.2) is 12.3 Å². The first kappa shape index (κ1) is 8.04. The summed E-state index contributed by atoms with van der Waals surface area (Å²) in [7, 11) is 1.89. The van der Waals surface area contributed by atoms with Gasteiger partial charge < -0.3 is 5.32 Å². The third-order valence-corrected chi connectivity index (χ3v) is 2.08. The van der Waals surface area contributed by atoms with Crippen LogP contribution in [0.5, 0.6) is 0 Å². The maximum atomic E-state index is 4.08. The lowest BCUT2D eigenvalue weighted by Gasteiger charge is -2.03. The van der Waals surface area contributed by atoms with Crippen LogP contribution in [-0.4, -0.2) is 21.6 Å². The van der Waals surface area contributed by atoms with Crippen molar-refractivity contribution >= 4 is 11.3 Å². The number of fused-ring (bicyclic) bond motifs is 1. The fourth-order valence-electron chi connectivity index (χ4n) is 1.42. The molecule has 2 aromatic rings. The molecule has 0 saturated heterocycles. The SMILES string of the molecule is CNc1cc(C)cn2c(C)nnc12. The van der Waals surface area contributed by atoms with Crippen LogP contribution in [-0.2, 0) is 0 Å². The highest BCUT2D eigenvalue weighted by Crippen LogP contribution is 2.16. The summed E-state index contributed by atoms with van der Waals surface area (Å²) in [6.07, 6.45) is 2.03. The molecule has 2 aromatic heterocycles. The first-order valence-electron chi connectivity index (χ1n) is 4.22. The zero-order chi connectivity index (χ0) is 9.42. The Morgan fingerprint density at radius 2 is 2.08 bits per heavy atom. The summed E-state index contributed by atoms with van der Waals surface area (Å²) in [5.74, 6) is 0.912. The van der Waals surface area contributed by atoms with Crippen molar-refractivity contribution in [3.05, 3.63) is 23.7 Å². The Morgan fingerprint density at radius 1 is 1.31 bits per heavy atom. The van der Waals surface area contributed by atoms with E-state index in [1.807, 2.05) is 24.6 Å². The van der Waals surface area contributed by atoms with E-state index in [2.05, 4.69) is 28.5 Å². The standard InChI is InChI=1S/C9H12N4/c1-6-4-8(10-3)9-12-11-7(2)13(9)5-6/h4-5,10H,1-3H3. The quantitative estimate of drug-likeness (QED) is 0.714. The highest BCUT2D eigenvalue weighted by molar-refractivity contribution is 5.67. The van der Waals surface area contributed by atoms with Crippen LogP contribution < -0.4 is 5.32 Å². The van der Waals surface area contributed by atoms with Crippen molar-refractivity contribution in [2.24, 2.45) is 0 Å². The minimum absolute atomic E-state index is 0.880. The monoisotopic (exact) mass is 176 g/mol. The van der Waals surface area contributed by atoms with Crippen LogP contribution in [0.1, 0.15) is 11.4 Å². The van der Waals surface area contributed by atoms with Crippen molar-refractivity contribution in [2.45, 2.75) is 13.8 Å². The molecule has 4 heteroatoms. The van der Waals surface area contributed by atoms with Crippen LogP contribution in [0.25, 0.3) is 5.65 Å². The van der Waals surface area contributed by atoms with E-state index in [1.165, 1.54) is 5.56 Å².